The molecule has 0 aliphatic carbocycles. The molecule has 25 heavy (non-hydrogen) atoms. The molecule has 0 bridgehead atoms. The van der Waals surface area contributed by atoms with E-state index in [4.69, 9.17) is 5.73 Å². The second-order valence-electron chi connectivity index (χ2n) is 6.25. The fraction of sp³-hybridized carbons (Fsp3) is 0.389. The number of nitrogens with zero attached hydrogens (tertiary/aromatic N) is 3. The van der Waals surface area contributed by atoms with E-state index in [-0.39, 0.29) is 11.9 Å². The maximum atomic E-state index is 12.7. The van der Waals surface area contributed by atoms with E-state index in [1.807, 2.05) is 35.0 Å². The Labute approximate surface area is 146 Å². The third kappa shape index (κ3) is 3.65. The van der Waals surface area contributed by atoms with E-state index in [1.54, 1.807) is 11.1 Å². The van der Waals surface area contributed by atoms with Crippen molar-refractivity contribution >= 4 is 11.9 Å². The topological polar surface area (TPSA) is 93.2 Å². The van der Waals surface area contributed by atoms with Crippen LogP contribution in [-0.2, 0) is 6.42 Å². The number of likely N-dealkylation sites (tertiary alicyclic amines) is 1. The first-order chi connectivity index (χ1) is 12.1. The second-order valence-corrected chi connectivity index (χ2v) is 6.25. The monoisotopic (exact) mass is 341 g/mol. The molecule has 3 rings (SSSR count). The lowest BCUT2D eigenvalue weighted by Crippen LogP contribution is -2.40. The molecule has 7 heteroatoms. The van der Waals surface area contributed by atoms with Crippen molar-refractivity contribution < 1.29 is 9.59 Å². The largest absolute Gasteiger partial charge is 0.351 e. The van der Waals surface area contributed by atoms with Crippen LogP contribution in [0, 0.1) is 0 Å². The van der Waals surface area contributed by atoms with Crippen LogP contribution in [0.3, 0.4) is 0 Å². The SMILES string of the molecule is CCCc1c(C(=O)N[C@@H]2CCN(C(N)=O)C2)cnn1-c1ccccc1. The summed E-state index contributed by atoms with van der Waals surface area (Å²) >= 11 is 0. The first-order valence-electron chi connectivity index (χ1n) is 8.57. The summed E-state index contributed by atoms with van der Waals surface area (Å²) in [5, 5.41) is 7.42. The van der Waals surface area contributed by atoms with E-state index >= 15 is 0 Å². The zero-order valence-corrected chi connectivity index (χ0v) is 14.3. The lowest BCUT2D eigenvalue weighted by molar-refractivity contribution is 0.0937. The van der Waals surface area contributed by atoms with Crippen molar-refractivity contribution in [3.8, 4) is 5.69 Å². The molecule has 2 heterocycles. The Morgan fingerprint density at radius 3 is 2.72 bits per heavy atom. The molecule has 7 nitrogen and oxygen atoms in total. The van der Waals surface area contributed by atoms with Gasteiger partial charge in [0.05, 0.1) is 23.1 Å². The molecule has 1 aliphatic rings. The molecule has 1 aromatic carbocycles. The Bertz CT molecular complexity index is 756. The molecular weight excluding hydrogens is 318 g/mol. The van der Waals surface area contributed by atoms with Crippen LogP contribution < -0.4 is 11.1 Å². The van der Waals surface area contributed by atoms with E-state index < -0.39 is 6.03 Å². The number of urea groups is 1. The minimum absolute atomic E-state index is 0.0745. The lowest BCUT2D eigenvalue weighted by atomic mass is 10.1. The number of rotatable bonds is 5. The number of hydrogen-bond acceptors (Lipinski definition) is 3. The number of benzene rings is 1. The zero-order chi connectivity index (χ0) is 17.8. The van der Waals surface area contributed by atoms with Crippen molar-refractivity contribution in [2.24, 2.45) is 5.73 Å². The molecule has 0 saturated carbocycles. The molecule has 3 N–H and O–H groups in total. The Kier molecular flexibility index (Phi) is 5.02. The summed E-state index contributed by atoms with van der Waals surface area (Å²) < 4.78 is 1.82. The summed E-state index contributed by atoms with van der Waals surface area (Å²) in [6.45, 7) is 3.11. The summed E-state index contributed by atoms with van der Waals surface area (Å²) in [5.41, 5.74) is 7.72. The average Bonchev–Trinajstić information content (AvgIpc) is 3.23. The molecule has 0 radical (unpaired) electrons. The van der Waals surface area contributed by atoms with Gasteiger partial charge in [0.2, 0.25) is 0 Å². The maximum Gasteiger partial charge on any atom is 0.314 e. The Hall–Kier alpha value is -2.83. The van der Waals surface area contributed by atoms with E-state index in [2.05, 4.69) is 17.3 Å². The zero-order valence-electron chi connectivity index (χ0n) is 14.3. The highest BCUT2D eigenvalue weighted by molar-refractivity contribution is 5.95. The molecule has 132 valence electrons. The smallest absolute Gasteiger partial charge is 0.314 e. The van der Waals surface area contributed by atoms with Gasteiger partial charge in [0.25, 0.3) is 5.91 Å². The molecule has 1 aromatic heterocycles. The van der Waals surface area contributed by atoms with Gasteiger partial charge >= 0.3 is 6.03 Å². The molecule has 1 saturated heterocycles. The van der Waals surface area contributed by atoms with Crippen LogP contribution in [-0.4, -0.2) is 45.8 Å². The van der Waals surface area contributed by atoms with Gasteiger partial charge in [0, 0.05) is 19.1 Å². The van der Waals surface area contributed by atoms with Gasteiger partial charge in [-0.3, -0.25) is 4.79 Å². The quantitative estimate of drug-likeness (QED) is 0.867. The Morgan fingerprint density at radius 2 is 2.08 bits per heavy atom. The van der Waals surface area contributed by atoms with Gasteiger partial charge in [-0.2, -0.15) is 5.10 Å². The normalized spacial score (nSPS) is 16.8. The highest BCUT2D eigenvalue weighted by Gasteiger charge is 2.27. The third-order valence-corrected chi connectivity index (χ3v) is 4.44. The predicted molar refractivity (Wildman–Crippen MR) is 94.6 cm³/mol. The highest BCUT2D eigenvalue weighted by Crippen LogP contribution is 2.18. The van der Waals surface area contributed by atoms with Gasteiger partial charge in [-0.05, 0) is 25.0 Å². The van der Waals surface area contributed by atoms with E-state index in [0.29, 0.717) is 25.1 Å². The molecule has 0 spiro atoms. The van der Waals surface area contributed by atoms with Gasteiger partial charge < -0.3 is 16.0 Å². The van der Waals surface area contributed by atoms with E-state index in [9.17, 15) is 9.59 Å². The Balaban J connectivity index is 1.79. The maximum absolute atomic E-state index is 12.7. The van der Waals surface area contributed by atoms with Crippen LogP contribution in [0.1, 0.15) is 35.8 Å². The summed E-state index contributed by atoms with van der Waals surface area (Å²) in [4.78, 5) is 25.5. The van der Waals surface area contributed by atoms with Crippen LogP contribution in [0.25, 0.3) is 5.69 Å². The van der Waals surface area contributed by atoms with Crippen molar-refractivity contribution in [2.45, 2.75) is 32.2 Å². The number of para-hydroxylation sites is 1. The lowest BCUT2D eigenvalue weighted by Gasteiger charge is -2.15. The van der Waals surface area contributed by atoms with Crippen LogP contribution in [0.5, 0.6) is 0 Å². The number of aromatic nitrogens is 2. The third-order valence-electron chi connectivity index (χ3n) is 4.44. The van der Waals surface area contributed by atoms with Gasteiger partial charge in [-0.15, -0.1) is 0 Å². The van der Waals surface area contributed by atoms with Crippen LogP contribution in [0.15, 0.2) is 36.5 Å². The van der Waals surface area contributed by atoms with Crippen LogP contribution >= 0.6 is 0 Å². The van der Waals surface area contributed by atoms with Crippen molar-refractivity contribution in [2.75, 3.05) is 13.1 Å². The molecule has 1 fully saturated rings. The summed E-state index contributed by atoms with van der Waals surface area (Å²) in [6.07, 6.45) is 4.01. The molecule has 1 atom stereocenters. The van der Waals surface area contributed by atoms with Gasteiger partial charge in [-0.1, -0.05) is 31.5 Å². The average molecular weight is 341 g/mol. The summed E-state index contributed by atoms with van der Waals surface area (Å²) in [7, 11) is 0. The number of carbonyl (C=O) groups excluding carboxylic acids is 2. The first-order valence-corrected chi connectivity index (χ1v) is 8.57. The molecule has 1 aliphatic heterocycles. The fourth-order valence-electron chi connectivity index (χ4n) is 3.17. The first kappa shape index (κ1) is 17.0. The number of hydrogen-bond donors (Lipinski definition) is 2. The van der Waals surface area contributed by atoms with Crippen molar-refractivity contribution in [3.05, 3.63) is 47.8 Å². The number of nitrogens with two attached hydrogens (primary N) is 1. The van der Waals surface area contributed by atoms with Gasteiger partial charge in [-0.25, -0.2) is 9.48 Å². The molecule has 0 unspecified atom stereocenters. The molecule has 2 aromatic rings. The van der Waals surface area contributed by atoms with E-state index in [1.165, 1.54) is 0 Å². The van der Waals surface area contributed by atoms with Gasteiger partial charge in [0.1, 0.15) is 0 Å². The molecular formula is C18H23N5O2. The van der Waals surface area contributed by atoms with Crippen molar-refractivity contribution in [1.29, 1.82) is 0 Å². The van der Waals surface area contributed by atoms with Gasteiger partial charge in [0.15, 0.2) is 0 Å². The van der Waals surface area contributed by atoms with Crippen molar-refractivity contribution in [1.82, 2.24) is 20.0 Å². The van der Waals surface area contributed by atoms with Crippen molar-refractivity contribution in [3.63, 3.8) is 0 Å². The number of carbonyl (C=O) groups is 2. The standard InChI is InChI=1S/C18H23N5O2/c1-2-6-16-15(11-20-23(16)14-7-4-3-5-8-14)17(24)21-13-9-10-22(12-13)18(19)25/h3-5,7-8,11,13H,2,6,9-10,12H2,1H3,(H2,19,25)(H,21,24)/t13-/m1/s1. The highest BCUT2D eigenvalue weighted by atomic mass is 16.2. The molecule has 3 amide bonds. The Morgan fingerprint density at radius 1 is 1.32 bits per heavy atom. The van der Waals surface area contributed by atoms with E-state index in [0.717, 1.165) is 24.2 Å². The summed E-state index contributed by atoms with van der Waals surface area (Å²) in [6, 6.07) is 9.26. The summed E-state index contributed by atoms with van der Waals surface area (Å²) in [5.74, 6) is -0.151. The van der Waals surface area contributed by atoms with Crippen LogP contribution in [0.2, 0.25) is 0 Å². The number of amides is 3. The number of primary amides is 1. The predicted octanol–water partition coefficient (Wildman–Crippen LogP) is 1.71. The fourth-order valence-corrected chi connectivity index (χ4v) is 3.17. The van der Waals surface area contributed by atoms with Crippen LogP contribution in [0.4, 0.5) is 4.79 Å². The minimum Gasteiger partial charge on any atom is -0.351 e. The number of nitrogens with one attached hydrogen (secondary N) is 1. The second kappa shape index (κ2) is 7.38. The minimum atomic E-state index is -0.444.